The average Bonchev–Trinajstić information content (AvgIpc) is 2.30. The van der Waals surface area contributed by atoms with Gasteiger partial charge in [0, 0.05) is 6.42 Å². The summed E-state index contributed by atoms with van der Waals surface area (Å²) in [5, 5.41) is 20.5. The first-order valence-electron chi connectivity index (χ1n) is 6.16. The van der Waals surface area contributed by atoms with Gasteiger partial charge in [0.25, 0.3) is 0 Å². The predicted molar refractivity (Wildman–Crippen MR) is 74.3 cm³/mol. The minimum Gasteiger partial charge on any atom is -0.506 e. The molecule has 0 fully saturated rings. The monoisotopic (exact) mass is 295 g/mol. The number of carboxylic acid groups (broad SMARTS) is 1. The Hall–Kier alpha value is -2.57. The highest BCUT2D eigenvalue weighted by Crippen LogP contribution is 2.25. The molecular formula is C14H17NO6. The van der Waals surface area contributed by atoms with Crippen molar-refractivity contribution in [1.82, 2.24) is 0 Å². The van der Waals surface area contributed by atoms with Crippen molar-refractivity contribution in [2.45, 2.75) is 32.8 Å². The van der Waals surface area contributed by atoms with E-state index in [1.807, 2.05) is 0 Å². The topological polar surface area (TPSA) is 113 Å². The second-order valence-electron chi connectivity index (χ2n) is 5.38. The third-order valence-electron chi connectivity index (χ3n) is 2.30. The molecule has 0 aliphatic heterocycles. The highest BCUT2D eigenvalue weighted by molar-refractivity contribution is 6.33. The van der Waals surface area contributed by atoms with Gasteiger partial charge in [0.15, 0.2) is 0 Å². The molecule has 0 aromatic heterocycles. The molecule has 1 rings (SSSR count). The lowest BCUT2D eigenvalue weighted by atomic mass is 10.1. The summed E-state index contributed by atoms with van der Waals surface area (Å²) in [5.41, 5.74) is -0.303. The van der Waals surface area contributed by atoms with Crippen molar-refractivity contribution >= 4 is 23.5 Å². The van der Waals surface area contributed by atoms with Crippen LogP contribution in [-0.4, -0.2) is 33.7 Å². The van der Waals surface area contributed by atoms with Crippen LogP contribution in [0.15, 0.2) is 18.2 Å². The van der Waals surface area contributed by atoms with Crippen LogP contribution in [0.25, 0.3) is 0 Å². The van der Waals surface area contributed by atoms with Gasteiger partial charge in [-0.1, -0.05) is 6.07 Å². The molecule has 1 amide bonds. The molecule has 1 aromatic carbocycles. The summed E-state index contributed by atoms with van der Waals surface area (Å²) in [4.78, 5) is 33.3. The van der Waals surface area contributed by atoms with Gasteiger partial charge in [-0.2, -0.15) is 0 Å². The number of benzene rings is 1. The summed E-state index contributed by atoms with van der Waals surface area (Å²) >= 11 is 0. The van der Waals surface area contributed by atoms with Gasteiger partial charge in [0.1, 0.15) is 11.4 Å². The molecule has 114 valence electrons. The quantitative estimate of drug-likeness (QED) is 0.578. The lowest BCUT2D eigenvalue weighted by Crippen LogP contribution is -2.27. The molecule has 3 N–H and O–H groups in total. The lowest BCUT2D eigenvalue weighted by molar-refractivity contribution is -0.148. The molecule has 0 atom stereocenters. The number of nitrogens with one attached hydrogen (secondary N) is 1. The van der Waals surface area contributed by atoms with Crippen molar-refractivity contribution in [2.24, 2.45) is 0 Å². The number of carboxylic acids is 1. The zero-order valence-electron chi connectivity index (χ0n) is 12.0. The highest BCUT2D eigenvalue weighted by Gasteiger charge is 2.18. The number of rotatable bonds is 4. The van der Waals surface area contributed by atoms with E-state index < -0.39 is 23.4 Å². The summed E-state index contributed by atoms with van der Waals surface area (Å²) in [6.07, 6.45) is -1.10. The summed E-state index contributed by atoms with van der Waals surface area (Å²) in [5.74, 6) is -2.74. The number of aromatic hydroxyl groups is 1. The Bertz CT molecular complexity index is 573. The van der Waals surface area contributed by atoms with Crippen LogP contribution in [0.4, 0.5) is 10.5 Å². The Kier molecular flexibility index (Phi) is 4.91. The number of phenolic OH excluding ortho intramolecular Hbond substituents is 1. The van der Waals surface area contributed by atoms with Crippen molar-refractivity contribution < 1.29 is 29.3 Å². The largest absolute Gasteiger partial charge is 0.506 e. The number of carbonyl (C=O) groups excluding carboxylic acids is 2. The number of phenols is 1. The Balaban J connectivity index is 2.85. The van der Waals surface area contributed by atoms with Gasteiger partial charge in [0.05, 0.1) is 5.69 Å². The van der Waals surface area contributed by atoms with E-state index in [9.17, 15) is 19.5 Å². The summed E-state index contributed by atoms with van der Waals surface area (Å²) in [6, 6.07) is 3.98. The van der Waals surface area contributed by atoms with E-state index in [1.165, 1.54) is 18.2 Å². The molecule has 0 spiro atoms. The minimum atomic E-state index is -1.54. The van der Waals surface area contributed by atoms with Crippen molar-refractivity contribution in [3.8, 4) is 5.75 Å². The first-order valence-corrected chi connectivity index (χ1v) is 6.16. The van der Waals surface area contributed by atoms with Crippen molar-refractivity contribution in [2.75, 3.05) is 5.32 Å². The van der Waals surface area contributed by atoms with E-state index in [0.29, 0.717) is 5.56 Å². The van der Waals surface area contributed by atoms with Gasteiger partial charge >= 0.3 is 12.1 Å². The normalized spacial score (nSPS) is 10.8. The lowest BCUT2D eigenvalue weighted by Gasteiger charge is -2.20. The van der Waals surface area contributed by atoms with Crippen molar-refractivity contribution in [1.29, 1.82) is 0 Å². The van der Waals surface area contributed by atoms with E-state index in [-0.39, 0.29) is 17.9 Å². The Morgan fingerprint density at radius 3 is 2.38 bits per heavy atom. The van der Waals surface area contributed by atoms with Crippen LogP contribution < -0.4 is 5.32 Å². The Labute approximate surface area is 121 Å². The van der Waals surface area contributed by atoms with E-state index in [2.05, 4.69) is 5.32 Å². The molecular weight excluding hydrogens is 278 g/mol. The minimum absolute atomic E-state index is 0.0416. The SMILES string of the molecule is CC(C)(C)OC(=O)Nc1cc(CC(=O)C(=O)O)ccc1O. The summed E-state index contributed by atoms with van der Waals surface area (Å²) in [7, 11) is 0. The standard InChI is InChI=1S/C14H17NO6/c1-14(2,3)21-13(20)15-9-6-8(4-5-10(9)16)7-11(17)12(18)19/h4-6,16H,7H2,1-3H3,(H,15,20)(H,18,19). The second-order valence-corrected chi connectivity index (χ2v) is 5.38. The van der Waals surface area contributed by atoms with Gasteiger partial charge in [-0.3, -0.25) is 10.1 Å². The van der Waals surface area contributed by atoms with Gasteiger partial charge in [-0.25, -0.2) is 9.59 Å². The molecule has 0 radical (unpaired) electrons. The number of carbonyl (C=O) groups is 3. The number of hydrogen-bond donors (Lipinski definition) is 3. The van der Waals surface area contributed by atoms with Crippen LogP contribution >= 0.6 is 0 Å². The number of hydrogen-bond acceptors (Lipinski definition) is 5. The summed E-state index contributed by atoms with van der Waals surface area (Å²) in [6.45, 7) is 5.07. The fourth-order valence-corrected chi connectivity index (χ4v) is 1.47. The second kappa shape index (κ2) is 6.25. The number of Topliss-reactive ketones (excluding diaryl/α,β-unsaturated/α-hetero) is 1. The molecule has 0 saturated carbocycles. The maximum absolute atomic E-state index is 11.6. The van der Waals surface area contributed by atoms with Crippen LogP contribution in [0, 0.1) is 0 Å². The first-order chi connectivity index (χ1) is 9.58. The van der Waals surface area contributed by atoms with E-state index in [0.717, 1.165) is 0 Å². The fourth-order valence-electron chi connectivity index (χ4n) is 1.47. The Morgan fingerprint density at radius 1 is 1.24 bits per heavy atom. The number of ketones is 1. The average molecular weight is 295 g/mol. The number of amides is 1. The van der Waals surface area contributed by atoms with E-state index >= 15 is 0 Å². The van der Waals surface area contributed by atoms with Crippen LogP contribution in [0.3, 0.4) is 0 Å². The van der Waals surface area contributed by atoms with E-state index in [4.69, 9.17) is 9.84 Å². The van der Waals surface area contributed by atoms with Crippen LogP contribution in [0.2, 0.25) is 0 Å². The molecule has 7 nitrogen and oxygen atoms in total. The molecule has 21 heavy (non-hydrogen) atoms. The molecule has 7 heteroatoms. The molecule has 0 bridgehead atoms. The van der Waals surface area contributed by atoms with Crippen molar-refractivity contribution in [3.63, 3.8) is 0 Å². The molecule has 0 aliphatic rings. The van der Waals surface area contributed by atoms with E-state index in [1.54, 1.807) is 20.8 Å². The fraction of sp³-hybridized carbons (Fsp3) is 0.357. The number of anilines is 1. The molecule has 0 saturated heterocycles. The highest BCUT2D eigenvalue weighted by atomic mass is 16.6. The number of aliphatic carboxylic acids is 1. The maximum atomic E-state index is 11.6. The summed E-state index contributed by atoms with van der Waals surface area (Å²) < 4.78 is 5.03. The smallest absolute Gasteiger partial charge is 0.412 e. The third kappa shape index (κ3) is 5.52. The number of ether oxygens (including phenoxy) is 1. The molecule has 1 aromatic rings. The predicted octanol–water partition coefficient (Wildman–Crippen LogP) is 1.94. The van der Waals surface area contributed by atoms with Crippen LogP contribution in [-0.2, 0) is 20.7 Å². The van der Waals surface area contributed by atoms with Crippen molar-refractivity contribution in [3.05, 3.63) is 23.8 Å². The maximum Gasteiger partial charge on any atom is 0.412 e. The van der Waals surface area contributed by atoms with Crippen LogP contribution in [0.5, 0.6) is 5.75 Å². The van der Waals surface area contributed by atoms with Crippen LogP contribution in [0.1, 0.15) is 26.3 Å². The molecule has 0 unspecified atom stereocenters. The van der Waals surface area contributed by atoms with Gasteiger partial charge in [-0.15, -0.1) is 0 Å². The third-order valence-corrected chi connectivity index (χ3v) is 2.30. The Morgan fingerprint density at radius 2 is 1.86 bits per heavy atom. The first kappa shape index (κ1) is 16.5. The zero-order valence-corrected chi connectivity index (χ0v) is 12.0. The van der Waals surface area contributed by atoms with Gasteiger partial charge in [-0.05, 0) is 38.5 Å². The van der Waals surface area contributed by atoms with Gasteiger partial charge in [0.2, 0.25) is 5.78 Å². The molecule has 0 heterocycles. The molecule has 0 aliphatic carbocycles. The zero-order chi connectivity index (χ0) is 16.2. The van der Waals surface area contributed by atoms with Gasteiger partial charge < -0.3 is 14.9 Å².